The van der Waals surface area contributed by atoms with Gasteiger partial charge in [0.05, 0.1) is 67.1 Å². The Morgan fingerprint density at radius 1 is 0.419 bits per heavy atom. The molecular weight excluding hydrogens is 1330 g/mol. The van der Waals surface area contributed by atoms with Crippen LogP contribution in [0.2, 0.25) is 0 Å². The van der Waals surface area contributed by atoms with E-state index in [4.69, 9.17) is 48.4 Å². The maximum Gasteiger partial charge on any atom is 0.343 e. The third kappa shape index (κ3) is 25.9. The predicted molar refractivity (Wildman–Crippen MR) is 399 cm³/mol. The third-order valence-corrected chi connectivity index (χ3v) is 19.2. The fourth-order valence-electron chi connectivity index (χ4n) is 12.9. The van der Waals surface area contributed by atoms with Crippen molar-refractivity contribution in [2.75, 3.05) is 33.0 Å². The molecule has 0 aliphatic heterocycles. The summed E-state index contributed by atoms with van der Waals surface area (Å²) in [7, 11) is 0. The molecule has 0 heterocycles. The highest BCUT2D eigenvalue weighted by Gasteiger charge is 2.41. The van der Waals surface area contributed by atoms with E-state index in [9.17, 15) is 33.6 Å². The monoisotopic (exact) mass is 1420 g/mol. The van der Waals surface area contributed by atoms with Gasteiger partial charge in [-0.1, -0.05) is 68.9 Å². The minimum Gasteiger partial charge on any atom is -0.494 e. The van der Waals surface area contributed by atoms with Crippen LogP contribution in [0.5, 0.6) is 28.7 Å². The molecule has 9 rings (SSSR count). The Morgan fingerprint density at radius 3 is 1.35 bits per heavy atom. The van der Waals surface area contributed by atoms with Crippen LogP contribution in [-0.2, 0) is 38.1 Å². The van der Waals surface area contributed by atoms with E-state index in [1.807, 2.05) is 48.5 Å². The van der Waals surface area contributed by atoms with Gasteiger partial charge in [0, 0.05) is 46.5 Å². The van der Waals surface area contributed by atoms with E-state index in [0.29, 0.717) is 129 Å². The Morgan fingerprint density at radius 2 is 0.838 bits per heavy atom. The lowest BCUT2D eigenvalue weighted by atomic mass is 9.69. The number of hydrogen-bond acceptors (Lipinski definition) is 17. The molecule has 0 amide bonds. The topological polar surface area (TPSA) is 229 Å². The minimum absolute atomic E-state index is 0.156. The van der Waals surface area contributed by atoms with Crippen LogP contribution in [0.25, 0.3) is 0 Å². The number of nitrogens with two attached hydrogens (primary N) is 1. The van der Waals surface area contributed by atoms with Gasteiger partial charge in [-0.15, -0.1) is 0 Å². The van der Waals surface area contributed by atoms with Gasteiger partial charge in [0.2, 0.25) is 0 Å². The van der Waals surface area contributed by atoms with Gasteiger partial charge >= 0.3 is 41.8 Å². The molecule has 17 heteroatoms. The molecule has 0 radical (unpaired) electrons. The lowest BCUT2D eigenvalue weighted by molar-refractivity contribution is -0.152. The van der Waals surface area contributed by atoms with Crippen LogP contribution in [0, 0.1) is 59.2 Å². The molecule has 0 aromatic heterocycles. The molecule has 3 fully saturated rings. The quantitative estimate of drug-likeness (QED) is 0.0103. The first-order chi connectivity index (χ1) is 51.1. The standard InChI is InChI=1S/C88H95NO16/c1-4-7-8-12-57-97-76-43-35-71(36-44-76)85(94)103-79-49-50-80(104-86(95)72-37-45-77(46-38-72)98-58-13-9-10-14-59-99-81(90)5-2)74(62-79)28-27-65-21-19-63(20-22-65)17-18-64-23-25-66(26-24-64)51-54-88(55-52-68(53-56-88)67-33-41-75(89)42-34-67)105-87(96)73-39-47-78(48-40-73)102-84(93)70-31-29-69(30-32-70)83(92)101-61-16-11-15-60-100-82(91)6-3/h5-6,19-26,35-40,43-50,62,67-70,75H,2-4,7-16,29-34,41-42,52-53,55-61,89H2,1H3. The van der Waals surface area contributed by atoms with Gasteiger partial charge < -0.3 is 48.4 Å². The highest BCUT2D eigenvalue weighted by molar-refractivity contribution is 5.93. The molecule has 3 saturated carbocycles. The number of rotatable bonds is 32. The summed E-state index contributed by atoms with van der Waals surface area (Å²) in [5.74, 6) is 18.6. The van der Waals surface area contributed by atoms with Crippen LogP contribution in [0.4, 0.5) is 0 Å². The fourth-order valence-corrected chi connectivity index (χ4v) is 12.9. The molecule has 0 atom stereocenters. The molecule has 0 saturated heterocycles. The summed E-state index contributed by atoms with van der Waals surface area (Å²) < 4.78 is 51.3. The summed E-state index contributed by atoms with van der Waals surface area (Å²) >= 11 is 0. The number of hydrogen-bond donors (Lipinski definition) is 1. The lowest BCUT2D eigenvalue weighted by Crippen LogP contribution is -2.40. The Kier molecular flexibility index (Phi) is 31.1. The van der Waals surface area contributed by atoms with E-state index in [-0.39, 0.29) is 53.5 Å². The van der Waals surface area contributed by atoms with Crippen LogP contribution >= 0.6 is 0 Å². The summed E-state index contributed by atoms with van der Waals surface area (Å²) in [6, 6.07) is 39.7. The minimum atomic E-state index is -1.03. The Labute approximate surface area is 617 Å². The molecule has 105 heavy (non-hydrogen) atoms. The van der Waals surface area contributed by atoms with Crippen molar-refractivity contribution in [1.29, 1.82) is 0 Å². The van der Waals surface area contributed by atoms with Crippen molar-refractivity contribution in [1.82, 2.24) is 0 Å². The number of carbonyl (C=O) groups excluding carboxylic acids is 7. The van der Waals surface area contributed by atoms with E-state index in [1.54, 1.807) is 91.0 Å². The summed E-state index contributed by atoms with van der Waals surface area (Å²) in [6.07, 6.45) is 21.2. The maximum atomic E-state index is 14.1. The average Bonchev–Trinajstić information content (AvgIpc) is 0.795. The van der Waals surface area contributed by atoms with Crippen molar-refractivity contribution in [3.8, 4) is 64.3 Å². The summed E-state index contributed by atoms with van der Waals surface area (Å²) in [4.78, 5) is 89.6. The van der Waals surface area contributed by atoms with E-state index in [2.05, 4.69) is 55.6 Å². The van der Waals surface area contributed by atoms with Gasteiger partial charge in [-0.25, -0.2) is 24.0 Å². The predicted octanol–water partition coefficient (Wildman–Crippen LogP) is 16.4. The van der Waals surface area contributed by atoms with E-state index < -0.39 is 35.4 Å². The second-order valence-electron chi connectivity index (χ2n) is 26.9. The van der Waals surface area contributed by atoms with Crippen molar-refractivity contribution in [2.24, 2.45) is 29.4 Å². The van der Waals surface area contributed by atoms with Gasteiger partial charge in [0.1, 0.15) is 28.7 Å². The molecule has 3 aliphatic carbocycles. The summed E-state index contributed by atoms with van der Waals surface area (Å²) in [5, 5.41) is 0. The lowest BCUT2D eigenvalue weighted by Gasteiger charge is -2.40. The van der Waals surface area contributed by atoms with E-state index in [0.717, 1.165) is 125 Å². The molecule has 0 unspecified atom stereocenters. The first-order valence-corrected chi connectivity index (χ1v) is 37.0. The Balaban J connectivity index is 0.809. The Bertz CT molecular complexity index is 4080. The summed E-state index contributed by atoms with van der Waals surface area (Å²) in [5.41, 5.74) is 9.37. The molecule has 3 aliphatic rings. The molecule has 0 spiro atoms. The largest absolute Gasteiger partial charge is 0.494 e. The van der Waals surface area contributed by atoms with E-state index >= 15 is 0 Å². The van der Waals surface area contributed by atoms with Gasteiger partial charge in [0.15, 0.2) is 5.60 Å². The average molecular weight is 1420 g/mol. The van der Waals surface area contributed by atoms with Gasteiger partial charge in [-0.05, 0) is 280 Å². The van der Waals surface area contributed by atoms with Gasteiger partial charge in [-0.3, -0.25) is 9.59 Å². The Hall–Kier alpha value is -10.7. The van der Waals surface area contributed by atoms with Crippen molar-refractivity contribution in [3.63, 3.8) is 0 Å². The van der Waals surface area contributed by atoms with Crippen LogP contribution in [0.15, 0.2) is 165 Å². The highest BCUT2D eigenvalue weighted by atomic mass is 16.6. The number of carbonyl (C=O) groups is 7. The second kappa shape index (κ2) is 41.6. The number of benzene rings is 6. The first kappa shape index (κ1) is 78.5. The maximum absolute atomic E-state index is 14.1. The highest BCUT2D eigenvalue weighted by Crippen LogP contribution is 2.43. The van der Waals surface area contributed by atoms with Crippen molar-refractivity contribution in [3.05, 3.63) is 209 Å². The smallest absolute Gasteiger partial charge is 0.343 e. The molecule has 0 bridgehead atoms. The van der Waals surface area contributed by atoms with Crippen LogP contribution < -0.4 is 29.4 Å². The normalized spacial score (nSPS) is 18.0. The van der Waals surface area contributed by atoms with E-state index in [1.165, 1.54) is 0 Å². The number of ether oxygens (including phenoxy) is 9. The molecule has 548 valence electrons. The molecular formula is C88H95NO16. The first-order valence-electron chi connectivity index (χ1n) is 37.0. The van der Waals surface area contributed by atoms with Gasteiger partial charge in [-0.2, -0.15) is 0 Å². The zero-order valence-corrected chi connectivity index (χ0v) is 60.1. The van der Waals surface area contributed by atoms with Crippen LogP contribution in [0.3, 0.4) is 0 Å². The molecule has 6 aromatic rings. The van der Waals surface area contributed by atoms with Gasteiger partial charge in [0.25, 0.3) is 0 Å². The number of unbranched alkanes of at least 4 members (excludes halogenated alkanes) is 8. The molecule has 6 aromatic carbocycles. The SMILES string of the molecule is C=CC(=O)OCCCCCCOc1ccc(C(=O)Oc2ccc(OC(=O)c3ccc(OCCCCCC)cc3)cc2C#Cc2ccc(C#Cc3ccc(C#CC4(OC(=O)c5ccc(OC(=O)C6CCC(C(=O)OCCCCCOC(=O)C=C)CC6)cc5)CCC(C5CCC(N)CC5)CC4)cc3)cc2)cc1. The van der Waals surface area contributed by atoms with Crippen molar-refractivity contribution < 1.29 is 76.2 Å². The molecule has 2 N–H and O–H groups in total. The molecule has 17 nitrogen and oxygen atoms in total. The third-order valence-electron chi connectivity index (χ3n) is 19.2. The van der Waals surface area contributed by atoms with Crippen LogP contribution in [0.1, 0.15) is 213 Å². The van der Waals surface area contributed by atoms with Crippen molar-refractivity contribution >= 4 is 41.8 Å². The van der Waals surface area contributed by atoms with Crippen molar-refractivity contribution in [2.45, 2.75) is 166 Å². The zero-order valence-electron chi connectivity index (χ0n) is 60.1. The summed E-state index contributed by atoms with van der Waals surface area (Å²) in [6.45, 7) is 10.9. The number of esters is 7. The zero-order chi connectivity index (χ0) is 74.0. The second-order valence-corrected chi connectivity index (χ2v) is 26.9. The van der Waals surface area contributed by atoms with Crippen LogP contribution in [-0.4, -0.2) is 86.5 Å². The fraction of sp³-hybridized carbons (Fsp3) is 0.398.